The minimum Gasteiger partial charge on any atom is -0.299 e. The summed E-state index contributed by atoms with van der Waals surface area (Å²) in [5, 5.41) is 0. The van der Waals surface area contributed by atoms with E-state index in [9.17, 15) is 4.79 Å². The van der Waals surface area contributed by atoms with Gasteiger partial charge in [0.25, 0.3) is 0 Å². The summed E-state index contributed by atoms with van der Waals surface area (Å²) < 4.78 is 0. The molecule has 4 fully saturated rings. The van der Waals surface area contributed by atoms with Crippen LogP contribution in [0.1, 0.15) is 316 Å². The van der Waals surface area contributed by atoms with E-state index in [1.54, 1.807) is 0 Å². The van der Waals surface area contributed by atoms with E-state index in [0.717, 1.165) is 82.9 Å². The Kier molecular flexibility index (Phi) is 48.5. The monoisotopic (exact) mass is 983 g/mol. The fraction of sp³-hybridized carbons (Fsp3) is 0.985. The smallest absolute Gasteiger partial charge is 0.137 e. The molecule has 4 aliphatic carbocycles. The van der Waals surface area contributed by atoms with Gasteiger partial charge in [-0.15, -0.1) is 0 Å². The molecule has 0 atom stereocenters. The zero-order valence-corrected chi connectivity index (χ0v) is 53.6. The highest BCUT2D eigenvalue weighted by molar-refractivity contribution is 5.82. The predicted molar refractivity (Wildman–Crippen MR) is 330 cm³/mol. The highest BCUT2D eigenvalue weighted by atomic mass is 16.1. The van der Waals surface area contributed by atoms with Crippen molar-refractivity contribution in [3.63, 3.8) is 0 Å². The third kappa shape index (κ3) is 31.9. The van der Waals surface area contributed by atoms with Crippen LogP contribution in [0.2, 0.25) is 0 Å². The topological polar surface area (TPSA) is 17.1 Å². The SMILES string of the molecule is C.C.C.CC(C)C.CC(C)C.CC(C)C.CC(C)C.CC(C)C(=O)C(C)C.CC(C)C(C(C)C)(C(C)C)C(C)C.CC(C)C12CC3(C(C)C)CC(C(C)C)(C1)CC(C(C)C)(C2)C3.CC(C)CC(C)C. The van der Waals surface area contributed by atoms with Crippen molar-refractivity contribution in [1.29, 1.82) is 0 Å². The predicted octanol–water partition coefficient (Wildman–Crippen LogP) is 24.6. The summed E-state index contributed by atoms with van der Waals surface area (Å²) in [5.74, 6) is 12.3. The molecule has 0 spiro atoms. The fourth-order valence-corrected chi connectivity index (χ4v) is 13.0. The molecular weight excluding hydrogens is 833 g/mol. The van der Waals surface area contributed by atoms with Crippen LogP contribution in [0.5, 0.6) is 0 Å². The van der Waals surface area contributed by atoms with Crippen LogP contribution < -0.4 is 0 Å². The van der Waals surface area contributed by atoms with Crippen LogP contribution in [0.4, 0.5) is 0 Å². The summed E-state index contributed by atoms with van der Waals surface area (Å²) in [4.78, 5) is 10.8. The first-order valence-corrected chi connectivity index (χ1v) is 28.9. The summed E-state index contributed by atoms with van der Waals surface area (Å²) in [7, 11) is 0. The van der Waals surface area contributed by atoms with Crippen molar-refractivity contribution in [3.8, 4) is 0 Å². The number of hydrogen-bond acceptors (Lipinski definition) is 1. The molecule has 4 bridgehead atoms. The van der Waals surface area contributed by atoms with E-state index in [0.29, 0.717) is 32.9 Å². The molecule has 428 valence electrons. The van der Waals surface area contributed by atoms with Crippen molar-refractivity contribution in [2.45, 2.75) is 316 Å². The van der Waals surface area contributed by atoms with Crippen molar-refractivity contribution < 1.29 is 4.79 Å². The van der Waals surface area contributed by atoms with Crippen LogP contribution in [-0.2, 0) is 4.79 Å². The minimum atomic E-state index is 0. The molecule has 0 aromatic heterocycles. The average Bonchev–Trinajstić information content (AvgIpc) is 3.06. The van der Waals surface area contributed by atoms with Crippen LogP contribution in [-0.4, -0.2) is 5.78 Å². The Bertz CT molecular complexity index is 940. The second-order valence-corrected chi connectivity index (χ2v) is 29.4. The summed E-state index contributed by atoms with van der Waals surface area (Å²) in [6.07, 6.45) is 10.5. The van der Waals surface area contributed by atoms with Crippen LogP contribution in [0, 0.1) is 122 Å². The van der Waals surface area contributed by atoms with Gasteiger partial charge in [0, 0.05) is 11.8 Å². The number of ketones is 1. The van der Waals surface area contributed by atoms with Gasteiger partial charge in [0.2, 0.25) is 0 Å². The van der Waals surface area contributed by atoms with E-state index in [1.807, 2.05) is 27.7 Å². The van der Waals surface area contributed by atoms with E-state index in [-0.39, 0.29) is 34.1 Å². The molecular formula is C68H150O. The van der Waals surface area contributed by atoms with Crippen molar-refractivity contribution in [2.75, 3.05) is 0 Å². The Hall–Kier alpha value is -0.330. The normalized spacial score (nSPS) is 22.2. The van der Waals surface area contributed by atoms with E-state index in [2.05, 4.69) is 222 Å². The van der Waals surface area contributed by atoms with E-state index < -0.39 is 0 Å². The lowest BCUT2D eigenvalue weighted by Crippen LogP contribution is -2.66. The number of carbonyl (C=O) groups excluding carboxylic acids is 1. The van der Waals surface area contributed by atoms with Gasteiger partial charge >= 0.3 is 0 Å². The maximum absolute atomic E-state index is 10.8. The minimum absolute atomic E-state index is 0. The van der Waals surface area contributed by atoms with Gasteiger partial charge in [0.15, 0.2) is 0 Å². The average molecular weight is 984 g/mol. The van der Waals surface area contributed by atoms with Gasteiger partial charge in [-0.05, 0) is 155 Å². The largest absolute Gasteiger partial charge is 0.299 e. The van der Waals surface area contributed by atoms with Gasteiger partial charge < -0.3 is 0 Å². The zero-order valence-electron chi connectivity index (χ0n) is 53.6. The van der Waals surface area contributed by atoms with Gasteiger partial charge in [-0.2, -0.15) is 0 Å². The number of carbonyl (C=O) groups is 1. The van der Waals surface area contributed by atoms with Crippen LogP contribution in [0.25, 0.3) is 0 Å². The van der Waals surface area contributed by atoms with Gasteiger partial charge in [-0.1, -0.05) is 272 Å². The quantitative estimate of drug-likeness (QED) is 0.190. The maximum Gasteiger partial charge on any atom is 0.137 e. The molecule has 0 aromatic carbocycles. The molecule has 0 aliphatic heterocycles. The first kappa shape index (κ1) is 85.4. The Labute approximate surface area is 446 Å². The number of hydrogen-bond donors (Lipinski definition) is 0. The van der Waals surface area contributed by atoms with E-state index >= 15 is 0 Å². The number of Topliss-reactive ketones (excluding diaryl/α,β-unsaturated/α-hetero) is 1. The van der Waals surface area contributed by atoms with Crippen molar-refractivity contribution in [3.05, 3.63) is 0 Å². The molecule has 0 aromatic rings. The highest BCUT2D eigenvalue weighted by Gasteiger charge is 2.69. The summed E-state index contributed by atoms with van der Waals surface area (Å²) in [6, 6.07) is 0. The first-order valence-electron chi connectivity index (χ1n) is 28.9. The molecule has 0 N–H and O–H groups in total. The summed E-state index contributed by atoms with van der Waals surface area (Å²) >= 11 is 0. The van der Waals surface area contributed by atoms with Crippen LogP contribution in [0.15, 0.2) is 0 Å². The first-order chi connectivity index (χ1) is 29.4. The van der Waals surface area contributed by atoms with Gasteiger partial charge in [-0.3, -0.25) is 4.79 Å². The lowest BCUT2D eigenvalue weighted by molar-refractivity contribution is -0.252. The van der Waals surface area contributed by atoms with Crippen molar-refractivity contribution >= 4 is 5.78 Å². The molecule has 4 saturated carbocycles. The van der Waals surface area contributed by atoms with E-state index in [4.69, 9.17) is 0 Å². The van der Waals surface area contributed by atoms with Crippen LogP contribution in [0.3, 0.4) is 0 Å². The maximum atomic E-state index is 10.8. The Morgan fingerprint density at radius 3 is 0.464 bits per heavy atom. The second-order valence-electron chi connectivity index (χ2n) is 29.4. The molecule has 4 rings (SSSR count). The van der Waals surface area contributed by atoms with E-state index in [1.165, 1.54) is 44.9 Å². The lowest BCUT2D eigenvalue weighted by atomic mass is 9.30. The highest BCUT2D eigenvalue weighted by Crippen LogP contribution is 2.79. The molecule has 1 heteroatoms. The molecule has 4 aliphatic rings. The Morgan fingerprint density at radius 1 is 0.304 bits per heavy atom. The molecule has 0 heterocycles. The fourth-order valence-electron chi connectivity index (χ4n) is 13.0. The molecule has 0 radical (unpaired) electrons. The van der Waals surface area contributed by atoms with Gasteiger partial charge in [0.05, 0.1) is 0 Å². The van der Waals surface area contributed by atoms with Crippen LogP contribution >= 0.6 is 0 Å². The second kappa shape index (κ2) is 39.1. The molecule has 69 heavy (non-hydrogen) atoms. The molecule has 0 amide bonds. The summed E-state index contributed by atoms with van der Waals surface area (Å²) in [6.45, 7) is 82.0. The third-order valence-corrected chi connectivity index (χ3v) is 15.2. The van der Waals surface area contributed by atoms with Gasteiger partial charge in [-0.25, -0.2) is 0 Å². The van der Waals surface area contributed by atoms with Crippen molar-refractivity contribution in [1.82, 2.24) is 0 Å². The Morgan fingerprint density at radius 2 is 0.435 bits per heavy atom. The number of rotatable bonds is 12. The van der Waals surface area contributed by atoms with Gasteiger partial charge in [0.1, 0.15) is 5.78 Å². The zero-order chi connectivity index (χ0) is 54.3. The Balaban J connectivity index is -0.000000114. The summed E-state index contributed by atoms with van der Waals surface area (Å²) in [5.41, 5.74) is 3.03. The molecule has 1 nitrogen and oxygen atoms in total. The lowest BCUT2D eigenvalue weighted by Gasteiger charge is -2.75. The third-order valence-electron chi connectivity index (χ3n) is 15.2. The molecule has 0 saturated heterocycles. The standard InChI is InChI=1S/C22H40.C13H28.C7H14O.C7H16.4C4H10.3CH4/c1-15(2)19-9-20(16(3)4)12-21(10-19,17(5)6)14-22(11-19,13-20)18(7)8;1-9(2)13(10(3)4,11(5)6)12(7)8;1-5(2)7(8)6(3)4;1-6(2)5-7(3)4;4*1-4(2)3;;;/h15-18H,9-14H2,1-8H3;9-12H,1-8H3;5-6H,1-4H3;6-7H,5H2,1-4H3;4*4H,1-3H3;3*1H4. The molecule has 0 unspecified atom stereocenters. The van der Waals surface area contributed by atoms with Crippen molar-refractivity contribution in [2.24, 2.45) is 122 Å².